The third-order valence-corrected chi connectivity index (χ3v) is 4.09. The van der Waals surface area contributed by atoms with Gasteiger partial charge in [-0.1, -0.05) is 41.9 Å². The van der Waals surface area contributed by atoms with Crippen LogP contribution in [-0.4, -0.2) is 35.1 Å². The van der Waals surface area contributed by atoms with Crippen molar-refractivity contribution in [2.24, 2.45) is 0 Å². The average molecular weight is 396 g/mol. The van der Waals surface area contributed by atoms with Gasteiger partial charge >= 0.3 is 0 Å². The van der Waals surface area contributed by atoms with Gasteiger partial charge in [0.2, 0.25) is 0 Å². The predicted octanol–water partition coefficient (Wildman–Crippen LogP) is 3.22. The molecule has 0 bridgehead atoms. The second-order valence-corrected chi connectivity index (χ2v) is 6.19. The zero-order valence-corrected chi connectivity index (χ0v) is 15.6. The van der Waals surface area contributed by atoms with Crippen molar-refractivity contribution >= 4 is 34.9 Å². The molecule has 2 aromatic carbocycles. The van der Waals surface area contributed by atoms with Crippen LogP contribution in [0.25, 0.3) is 0 Å². The van der Waals surface area contributed by atoms with E-state index in [1.165, 1.54) is 0 Å². The molecule has 0 unspecified atom stereocenters. The fourth-order valence-corrected chi connectivity index (χ4v) is 2.59. The number of nitrogens with zero attached hydrogens (tertiary/aromatic N) is 2. The second-order valence-electron chi connectivity index (χ2n) is 5.79. The van der Waals surface area contributed by atoms with Gasteiger partial charge in [0.25, 0.3) is 11.8 Å². The van der Waals surface area contributed by atoms with Crippen molar-refractivity contribution in [3.05, 3.63) is 83.0 Å². The first-order valence-corrected chi connectivity index (χ1v) is 8.98. The summed E-state index contributed by atoms with van der Waals surface area (Å²) in [4.78, 5) is 24.2. The van der Waals surface area contributed by atoms with Crippen molar-refractivity contribution in [3.63, 3.8) is 0 Å². The molecule has 8 heteroatoms. The van der Waals surface area contributed by atoms with Crippen LogP contribution in [0.1, 0.15) is 20.8 Å². The molecular weight excluding hydrogens is 378 g/mol. The smallest absolute Gasteiger partial charge is 0.276 e. The Balaban J connectivity index is 1.45. The van der Waals surface area contributed by atoms with Gasteiger partial charge in [0.05, 0.1) is 10.6 Å². The van der Waals surface area contributed by atoms with E-state index in [1.54, 1.807) is 48.5 Å². The van der Waals surface area contributed by atoms with E-state index in [9.17, 15) is 9.59 Å². The first kappa shape index (κ1) is 19.3. The van der Waals surface area contributed by atoms with Gasteiger partial charge in [-0.15, -0.1) is 10.2 Å². The summed E-state index contributed by atoms with van der Waals surface area (Å²) in [6.07, 6.45) is 0. The molecule has 28 heavy (non-hydrogen) atoms. The molecule has 0 aliphatic heterocycles. The fourth-order valence-electron chi connectivity index (χ4n) is 2.37. The number of benzene rings is 2. The highest BCUT2D eigenvalue weighted by Gasteiger charge is 2.10. The number of aromatic nitrogens is 2. The SMILES string of the molecule is O=C(Nc1ccccc1)c1ccc(NCCNC(=O)c2ccccc2Cl)nn1. The minimum atomic E-state index is -0.336. The number of carbonyl (C=O) groups is 2. The highest BCUT2D eigenvalue weighted by atomic mass is 35.5. The molecule has 0 atom stereocenters. The number of hydrogen-bond donors (Lipinski definition) is 3. The van der Waals surface area contributed by atoms with E-state index in [0.29, 0.717) is 35.2 Å². The normalized spacial score (nSPS) is 10.2. The molecular formula is C20H18ClN5O2. The number of hydrogen-bond acceptors (Lipinski definition) is 5. The number of nitrogens with one attached hydrogen (secondary N) is 3. The summed E-state index contributed by atoms with van der Waals surface area (Å²) >= 11 is 5.99. The van der Waals surface area contributed by atoms with Crippen LogP contribution in [0.4, 0.5) is 11.5 Å². The zero-order chi connectivity index (χ0) is 19.8. The quantitative estimate of drug-likeness (QED) is 0.534. The first-order chi connectivity index (χ1) is 13.6. The summed E-state index contributed by atoms with van der Waals surface area (Å²) < 4.78 is 0. The van der Waals surface area contributed by atoms with E-state index >= 15 is 0 Å². The minimum absolute atomic E-state index is 0.210. The largest absolute Gasteiger partial charge is 0.367 e. The monoisotopic (exact) mass is 395 g/mol. The maximum absolute atomic E-state index is 12.1. The molecule has 2 amide bonds. The summed E-state index contributed by atoms with van der Waals surface area (Å²) in [6.45, 7) is 0.822. The van der Waals surface area contributed by atoms with Crippen LogP contribution in [0, 0.1) is 0 Å². The zero-order valence-electron chi connectivity index (χ0n) is 14.9. The highest BCUT2D eigenvalue weighted by molar-refractivity contribution is 6.33. The standard InChI is InChI=1S/C20H18ClN5O2/c21-16-9-5-4-8-15(16)19(27)23-13-12-22-18-11-10-17(25-26-18)20(28)24-14-6-2-1-3-7-14/h1-11H,12-13H2,(H,22,26)(H,23,27)(H,24,28). The van der Waals surface area contributed by atoms with Crippen LogP contribution >= 0.6 is 11.6 Å². The van der Waals surface area contributed by atoms with E-state index in [4.69, 9.17) is 11.6 Å². The molecule has 1 heterocycles. The number of halogens is 1. The summed E-state index contributed by atoms with van der Waals surface area (Å²) in [5.74, 6) is -0.0769. The Hall–Kier alpha value is -3.45. The Morgan fingerprint density at radius 1 is 0.821 bits per heavy atom. The molecule has 0 aliphatic carbocycles. The van der Waals surface area contributed by atoms with Crippen LogP contribution < -0.4 is 16.0 Å². The Morgan fingerprint density at radius 3 is 2.29 bits per heavy atom. The summed E-state index contributed by atoms with van der Waals surface area (Å²) in [6, 6.07) is 19.2. The molecule has 0 radical (unpaired) electrons. The third-order valence-electron chi connectivity index (χ3n) is 3.76. The van der Waals surface area contributed by atoms with Gasteiger partial charge in [0, 0.05) is 18.8 Å². The lowest BCUT2D eigenvalue weighted by atomic mass is 10.2. The molecule has 1 aromatic heterocycles. The van der Waals surface area contributed by atoms with Gasteiger partial charge in [0.15, 0.2) is 5.69 Å². The van der Waals surface area contributed by atoms with E-state index in [2.05, 4.69) is 26.1 Å². The lowest BCUT2D eigenvalue weighted by molar-refractivity contribution is 0.0954. The van der Waals surface area contributed by atoms with Gasteiger partial charge in [-0.05, 0) is 36.4 Å². The minimum Gasteiger partial charge on any atom is -0.367 e. The molecule has 7 nitrogen and oxygen atoms in total. The van der Waals surface area contributed by atoms with E-state index < -0.39 is 0 Å². The number of amides is 2. The van der Waals surface area contributed by atoms with Gasteiger partial charge in [-0.3, -0.25) is 9.59 Å². The summed E-state index contributed by atoms with van der Waals surface area (Å²) in [5, 5.41) is 16.8. The number of carbonyl (C=O) groups excluding carboxylic acids is 2. The average Bonchev–Trinajstić information content (AvgIpc) is 2.72. The van der Waals surface area contributed by atoms with Crippen LogP contribution in [0.5, 0.6) is 0 Å². The van der Waals surface area contributed by atoms with Crippen molar-refractivity contribution in [1.29, 1.82) is 0 Å². The van der Waals surface area contributed by atoms with Crippen LogP contribution in [0.15, 0.2) is 66.7 Å². The third kappa shape index (κ3) is 5.28. The van der Waals surface area contributed by atoms with Gasteiger partial charge in [-0.25, -0.2) is 0 Å². The number of para-hydroxylation sites is 1. The molecule has 0 saturated carbocycles. The molecule has 142 valence electrons. The molecule has 3 aromatic rings. The van der Waals surface area contributed by atoms with Crippen molar-refractivity contribution in [3.8, 4) is 0 Å². The fraction of sp³-hybridized carbons (Fsp3) is 0.100. The molecule has 0 saturated heterocycles. The van der Waals surface area contributed by atoms with Gasteiger partial charge in [0.1, 0.15) is 5.82 Å². The summed E-state index contributed by atoms with van der Waals surface area (Å²) in [7, 11) is 0. The number of rotatable bonds is 7. The topological polar surface area (TPSA) is 96.0 Å². The maximum atomic E-state index is 12.1. The highest BCUT2D eigenvalue weighted by Crippen LogP contribution is 2.14. The predicted molar refractivity (Wildman–Crippen MR) is 109 cm³/mol. The van der Waals surface area contributed by atoms with Crippen LogP contribution in [0.2, 0.25) is 5.02 Å². The molecule has 0 fully saturated rings. The van der Waals surface area contributed by atoms with Gasteiger partial charge in [-0.2, -0.15) is 0 Å². The van der Waals surface area contributed by atoms with E-state index in [0.717, 1.165) is 0 Å². The molecule has 0 spiro atoms. The van der Waals surface area contributed by atoms with Gasteiger partial charge < -0.3 is 16.0 Å². The van der Waals surface area contributed by atoms with Crippen LogP contribution in [0.3, 0.4) is 0 Å². The second kappa shape index (κ2) is 9.48. The molecule has 0 aliphatic rings. The van der Waals surface area contributed by atoms with E-state index in [1.807, 2.05) is 18.2 Å². The lowest BCUT2D eigenvalue weighted by Crippen LogP contribution is -2.29. The Morgan fingerprint density at radius 2 is 1.57 bits per heavy atom. The number of anilines is 2. The summed E-state index contributed by atoms with van der Waals surface area (Å²) in [5.41, 5.74) is 1.32. The molecule has 3 rings (SSSR count). The van der Waals surface area contributed by atoms with E-state index in [-0.39, 0.29) is 17.5 Å². The Bertz CT molecular complexity index is 948. The van der Waals surface area contributed by atoms with Crippen molar-refractivity contribution in [2.45, 2.75) is 0 Å². The van der Waals surface area contributed by atoms with Crippen LogP contribution in [-0.2, 0) is 0 Å². The van der Waals surface area contributed by atoms with Crippen molar-refractivity contribution in [1.82, 2.24) is 15.5 Å². The van der Waals surface area contributed by atoms with Crippen molar-refractivity contribution in [2.75, 3.05) is 23.7 Å². The Kier molecular flexibility index (Phi) is 6.54. The first-order valence-electron chi connectivity index (χ1n) is 8.60. The van der Waals surface area contributed by atoms with Crippen molar-refractivity contribution < 1.29 is 9.59 Å². The molecule has 3 N–H and O–H groups in total. The lowest BCUT2D eigenvalue weighted by Gasteiger charge is -2.08. The Labute approximate surface area is 167 Å². The maximum Gasteiger partial charge on any atom is 0.276 e.